The fourth-order valence-corrected chi connectivity index (χ4v) is 3.23. The minimum atomic E-state index is 0.752. The lowest BCUT2D eigenvalue weighted by atomic mass is 10.2. The van der Waals surface area contributed by atoms with E-state index in [4.69, 9.17) is 4.74 Å². The molecule has 0 spiro atoms. The maximum Gasteiger partial charge on any atom is 0.139 e. The average molecular weight is 416 g/mol. The molecule has 0 aliphatic heterocycles. The van der Waals surface area contributed by atoms with Gasteiger partial charge in [-0.25, -0.2) is 9.97 Å². The van der Waals surface area contributed by atoms with Crippen LogP contribution in [0.4, 0.5) is 17.3 Å². The highest BCUT2D eigenvalue weighted by Gasteiger charge is 2.12. The first kappa shape index (κ1) is 16.0. The van der Waals surface area contributed by atoms with Crippen molar-refractivity contribution < 1.29 is 4.74 Å². The van der Waals surface area contributed by atoms with Crippen LogP contribution in [-0.4, -0.2) is 24.1 Å². The van der Waals surface area contributed by atoms with Gasteiger partial charge in [-0.1, -0.05) is 6.92 Å². The molecule has 1 heterocycles. The summed E-state index contributed by atoms with van der Waals surface area (Å²) in [5.41, 5.74) is 1.92. The van der Waals surface area contributed by atoms with Crippen LogP contribution >= 0.6 is 31.9 Å². The highest BCUT2D eigenvalue weighted by atomic mass is 79.9. The molecule has 1 aromatic carbocycles. The Morgan fingerprint density at radius 3 is 2.48 bits per heavy atom. The van der Waals surface area contributed by atoms with E-state index < -0.39 is 0 Å². The van der Waals surface area contributed by atoms with Crippen LogP contribution in [-0.2, 0) is 6.42 Å². The number of halogens is 2. The summed E-state index contributed by atoms with van der Waals surface area (Å²) in [6, 6.07) is 3.85. The molecule has 1 aromatic heterocycles. The fourth-order valence-electron chi connectivity index (χ4n) is 1.98. The second-order valence-electron chi connectivity index (χ2n) is 4.24. The summed E-state index contributed by atoms with van der Waals surface area (Å²) in [4.78, 5) is 8.57. The van der Waals surface area contributed by atoms with Gasteiger partial charge in [0.1, 0.15) is 23.7 Å². The number of methoxy groups -OCH3 is 1. The number of ether oxygens (including phenoxy) is 1. The summed E-state index contributed by atoms with van der Waals surface area (Å²) < 4.78 is 7.13. The van der Waals surface area contributed by atoms with Gasteiger partial charge in [0.25, 0.3) is 0 Å². The predicted molar refractivity (Wildman–Crippen MR) is 92.6 cm³/mol. The van der Waals surface area contributed by atoms with Crippen molar-refractivity contribution in [3.8, 4) is 5.75 Å². The van der Waals surface area contributed by atoms with Crippen molar-refractivity contribution in [2.24, 2.45) is 0 Å². The molecule has 0 fully saturated rings. The number of rotatable bonds is 5. The van der Waals surface area contributed by atoms with Gasteiger partial charge in [0.05, 0.1) is 17.3 Å². The lowest BCUT2D eigenvalue weighted by Gasteiger charge is -2.15. The first-order chi connectivity index (χ1) is 10.1. The first-order valence-electron chi connectivity index (χ1n) is 6.42. The number of hydrogen-bond donors (Lipinski definition) is 2. The molecule has 2 aromatic rings. The highest BCUT2D eigenvalue weighted by Crippen LogP contribution is 2.36. The summed E-state index contributed by atoms with van der Waals surface area (Å²) in [7, 11) is 3.49. The van der Waals surface area contributed by atoms with Crippen molar-refractivity contribution in [3.63, 3.8) is 0 Å². The summed E-state index contributed by atoms with van der Waals surface area (Å²) >= 11 is 7.00. The molecule has 0 aliphatic carbocycles. The Bertz CT molecular complexity index is 649. The van der Waals surface area contributed by atoms with Crippen LogP contribution in [0.1, 0.15) is 12.5 Å². The van der Waals surface area contributed by atoms with Crippen LogP contribution in [0, 0.1) is 0 Å². The van der Waals surface area contributed by atoms with E-state index in [1.807, 2.05) is 19.2 Å². The standard InChI is InChI=1S/C14H16Br2N4O/c1-4-8-13(17-2)18-7-19-14(8)20-11-6-12(21-3)10(16)5-9(11)15/h5-7H,4H2,1-3H3,(H2,17,18,19,20). The lowest BCUT2D eigenvalue weighted by molar-refractivity contribution is 0.412. The van der Waals surface area contributed by atoms with Crippen LogP contribution in [0.3, 0.4) is 0 Å². The van der Waals surface area contributed by atoms with E-state index in [-0.39, 0.29) is 0 Å². The lowest BCUT2D eigenvalue weighted by Crippen LogP contribution is -2.05. The second kappa shape index (κ2) is 7.09. The third kappa shape index (κ3) is 3.47. The minimum absolute atomic E-state index is 0.752. The van der Waals surface area contributed by atoms with Crippen molar-refractivity contribution >= 4 is 49.2 Å². The quantitative estimate of drug-likeness (QED) is 0.759. The second-order valence-corrected chi connectivity index (χ2v) is 5.95. The molecule has 0 unspecified atom stereocenters. The van der Waals surface area contributed by atoms with Crippen molar-refractivity contribution in [3.05, 3.63) is 33.0 Å². The van der Waals surface area contributed by atoms with E-state index in [2.05, 4.69) is 59.4 Å². The average Bonchev–Trinajstić information content (AvgIpc) is 2.49. The third-order valence-electron chi connectivity index (χ3n) is 3.03. The molecule has 7 heteroatoms. The van der Waals surface area contributed by atoms with Gasteiger partial charge in [0.15, 0.2) is 0 Å². The zero-order valence-corrected chi connectivity index (χ0v) is 15.2. The largest absolute Gasteiger partial charge is 0.495 e. The van der Waals surface area contributed by atoms with Crippen molar-refractivity contribution in [2.75, 3.05) is 24.8 Å². The van der Waals surface area contributed by atoms with Gasteiger partial charge < -0.3 is 15.4 Å². The van der Waals surface area contributed by atoms with Crippen LogP contribution in [0.25, 0.3) is 0 Å². The summed E-state index contributed by atoms with van der Waals surface area (Å²) in [6.45, 7) is 2.07. The van der Waals surface area contributed by atoms with Gasteiger partial charge in [0.2, 0.25) is 0 Å². The summed E-state index contributed by atoms with van der Waals surface area (Å²) in [5.74, 6) is 2.36. The summed E-state index contributed by atoms with van der Waals surface area (Å²) in [6.07, 6.45) is 2.36. The fraction of sp³-hybridized carbons (Fsp3) is 0.286. The maximum atomic E-state index is 5.33. The number of nitrogens with one attached hydrogen (secondary N) is 2. The first-order valence-corrected chi connectivity index (χ1v) is 8.01. The molecule has 0 saturated heterocycles. The van der Waals surface area contributed by atoms with Crippen LogP contribution in [0.5, 0.6) is 5.75 Å². The number of benzene rings is 1. The molecule has 21 heavy (non-hydrogen) atoms. The van der Waals surface area contributed by atoms with Crippen LogP contribution in [0.15, 0.2) is 27.4 Å². The molecule has 5 nitrogen and oxygen atoms in total. The molecule has 0 aliphatic rings. The Labute approximate surface area is 140 Å². The Balaban J connectivity index is 2.43. The molecular weight excluding hydrogens is 400 g/mol. The number of anilines is 3. The smallest absolute Gasteiger partial charge is 0.139 e. The molecule has 0 atom stereocenters. The van der Waals surface area contributed by atoms with Crippen LogP contribution in [0.2, 0.25) is 0 Å². The number of hydrogen-bond acceptors (Lipinski definition) is 5. The molecular formula is C14H16Br2N4O. The molecule has 0 amide bonds. The van der Waals surface area contributed by atoms with E-state index in [0.717, 1.165) is 44.0 Å². The Morgan fingerprint density at radius 1 is 1.14 bits per heavy atom. The maximum absolute atomic E-state index is 5.33. The molecule has 2 rings (SSSR count). The predicted octanol–water partition coefficient (Wildman–Crippen LogP) is 4.36. The van der Waals surface area contributed by atoms with Crippen molar-refractivity contribution in [1.82, 2.24) is 9.97 Å². The van der Waals surface area contributed by atoms with Gasteiger partial charge in [0, 0.05) is 23.2 Å². The van der Waals surface area contributed by atoms with Crippen LogP contribution < -0.4 is 15.4 Å². The molecule has 0 saturated carbocycles. The monoisotopic (exact) mass is 414 g/mol. The molecule has 2 N–H and O–H groups in total. The van der Waals surface area contributed by atoms with Gasteiger partial charge in [-0.05, 0) is 44.3 Å². The van der Waals surface area contributed by atoms with E-state index in [1.165, 1.54) is 6.33 Å². The van der Waals surface area contributed by atoms with E-state index in [9.17, 15) is 0 Å². The zero-order valence-electron chi connectivity index (χ0n) is 12.0. The van der Waals surface area contributed by atoms with Gasteiger partial charge >= 0.3 is 0 Å². The van der Waals surface area contributed by atoms with Gasteiger partial charge in [-0.3, -0.25) is 0 Å². The number of nitrogens with zero attached hydrogens (tertiary/aromatic N) is 2. The normalized spacial score (nSPS) is 10.3. The third-order valence-corrected chi connectivity index (χ3v) is 4.31. The van der Waals surface area contributed by atoms with Gasteiger partial charge in [-0.15, -0.1) is 0 Å². The zero-order chi connectivity index (χ0) is 15.4. The highest BCUT2D eigenvalue weighted by molar-refractivity contribution is 9.11. The molecule has 0 bridgehead atoms. The van der Waals surface area contributed by atoms with E-state index in [0.29, 0.717) is 0 Å². The minimum Gasteiger partial charge on any atom is -0.495 e. The summed E-state index contributed by atoms with van der Waals surface area (Å²) in [5, 5.41) is 6.41. The van der Waals surface area contributed by atoms with E-state index >= 15 is 0 Å². The molecule has 0 radical (unpaired) electrons. The molecule has 112 valence electrons. The Hall–Kier alpha value is -1.34. The van der Waals surface area contributed by atoms with Crippen molar-refractivity contribution in [2.45, 2.75) is 13.3 Å². The SMILES string of the molecule is CCc1c(NC)ncnc1Nc1cc(OC)c(Br)cc1Br. The topological polar surface area (TPSA) is 59.1 Å². The van der Waals surface area contributed by atoms with E-state index in [1.54, 1.807) is 7.11 Å². The Kier molecular flexibility index (Phi) is 5.41. The Morgan fingerprint density at radius 2 is 1.86 bits per heavy atom. The number of aromatic nitrogens is 2. The van der Waals surface area contributed by atoms with Gasteiger partial charge in [-0.2, -0.15) is 0 Å². The van der Waals surface area contributed by atoms with Crippen molar-refractivity contribution in [1.29, 1.82) is 0 Å².